The van der Waals surface area contributed by atoms with Crippen molar-refractivity contribution in [3.05, 3.63) is 12.7 Å². The van der Waals surface area contributed by atoms with Gasteiger partial charge in [-0.25, -0.2) is 0 Å². The molecule has 2 nitrogen and oxygen atoms in total. The summed E-state index contributed by atoms with van der Waals surface area (Å²) in [5.41, 5.74) is 0. The first-order chi connectivity index (χ1) is 5.16. The van der Waals surface area contributed by atoms with E-state index in [2.05, 4.69) is 11.9 Å². The molecule has 0 fully saturated rings. The van der Waals surface area contributed by atoms with Crippen molar-refractivity contribution in [3.63, 3.8) is 0 Å². The molecule has 0 aliphatic rings. The Kier molecular flexibility index (Phi) is 5.53. The van der Waals surface area contributed by atoms with E-state index < -0.39 is 0 Å². The van der Waals surface area contributed by atoms with Crippen LogP contribution >= 0.6 is 0 Å². The Labute approximate surface area is 68.7 Å². The van der Waals surface area contributed by atoms with Gasteiger partial charge in [0.15, 0.2) is 0 Å². The van der Waals surface area contributed by atoms with E-state index in [1.54, 1.807) is 0 Å². The lowest BCUT2D eigenvalue weighted by molar-refractivity contribution is -0.121. The normalized spacial score (nSPS) is 9.73. The molecule has 0 bridgehead atoms. The zero-order valence-electron chi connectivity index (χ0n) is 7.39. The maximum absolute atomic E-state index is 11.0. The molecule has 0 rings (SSSR count). The highest BCUT2D eigenvalue weighted by atomic mass is 16.1. The fourth-order valence-electron chi connectivity index (χ4n) is 0.801. The maximum Gasteiger partial charge on any atom is 0.220 e. The lowest BCUT2D eigenvalue weighted by atomic mass is 10.2. The Hall–Kier alpha value is -0.790. The maximum atomic E-state index is 11.0. The molecule has 11 heavy (non-hydrogen) atoms. The molecule has 0 aromatic carbocycles. The van der Waals surface area contributed by atoms with Crippen molar-refractivity contribution in [2.75, 3.05) is 0 Å². The SMILES string of the molecule is C=CCCCC(=O)NC(C)C. The lowest BCUT2D eigenvalue weighted by Crippen LogP contribution is -2.29. The monoisotopic (exact) mass is 155 g/mol. The summed E-state index contributed by atoms with van der Waals surface area (Å²) in [4.78, 5) is 11.0. The molecule has 0 saturated heterocycles. The van der Waals surface area contributed by atoms with Crippen LogP contribution in [0.5, 0.6) is 0 Å². The van der Waals surface area contributed by atoms with E-state index in [-0.39, 0.29) is 11.9 Å². The number of hydrogen-bond acceptors (Lipinski definition) is 1. The van der Waals surface area contributed by atoms with E-state index in [9.17, 15) is 4.79 Å². The molecule has 2 heteroatoms. The zero-order valence-corrected chi connectivity index (χ0v) is 7.39. The standard InChI is InChI=1S/C9H17NO/c1-4-5-6-7-9(11)10-8(2)3/h4,8H,1,5-7H2,2-3H3,(H,10,11). The van der Waals surface area contributed by atoms with E-state index in [0.717, 1.165) is 12.8 Å². The van der Waals surface area contributed by atoms with Crippen molar-refractivity contribution >= 4 is 5.91 Å². The lowest BCUT2D eigenvalue weighted by Gasteiger charge is -2.06. The quantitative estimate of drug-likeness (QED) is 0.476. The zero-order chi connectivity index (χ0) is 8.69. The van der Waals surface area contributed by atoms with Gasteiger partial charge in [0.1, 0.15) is 0 Å². The predicted octanol–water partition coefficient (Wildman–Crippen LogP) is 1.87. The molecule has 64 valence electrons. The topological polar surface area (TPSA) is 29.1 Å². The van der Waals surface area contributed by atoms with Gasteiger partial charge in [0.05, 0.1) is 0 Å². The molecule has 0 atom stereocenters. The van der Waals surface area contributed by atoms with Gasteiger partial charge >= 0.3 is 0 Å². The molecule has 0 heterocycles. The fraction of sp³-hybridized carbons (Fsp3) is 0.667. The summed E-state index contributed by atoms with van der Waals surface area (Å²) >= 11 is 0. The molecular formula is C9H17NO. The molecule has 0 spiro atoms. The van der Waals surface area contributed by atoms with Crippen LogP contribution in [0.15, 0.2) is 12.7 Å². The highest BCUT2D eigenvalue weighted by Gasteiger charge is 2.00. The van der Waals surface area contributed by atoms with Gasteiger partial charge in [-0.2, -0.15) is 0 Å². The van der Waals surface area contributed by atoms with Crippen molar-refractivity contribution in [2.24, 2.45) is 0 Å². The Morgan fingerprint density at radius 3 is 2.73 bits per heavy atom. The summed E-state index contributed by atoms with van der Waals surface area (Å²) in [5.74, 6) is 0.141. The fourth-order valence-corrected chi connectivity index (χ4v) is 0.801. The Morgan fingerprint density at radius 1 is 1.64 bits per heavy atom. The summed E-state index contributed by atoms with van der Waals surface area (Å²) < 4.78 is 0. The van der Waals surface area contributed by atoms with Crippen LogP contribution in [0.3, 0.4) is 0 Å². The minimum Gasteiger partial charge on any atom is -0.354 e. The van der Waals surface area contributed by atoms with Crippen LogP contribution in [0.4, 0.5) is 0 Å². The van der Waals surface area contributed by atoms with Crippen LogP contribution < -0.4 is 5.32 Å². The minimum atomic E-state index is 0.141. The van der Waals surface area contributed by atoms with Gasteiger partial charge in [-0.05, 0) is 26.7 Å². The molecule has 0 unspecified atom stereocenters. The second-order valence-electron chi connectivity index (χ2n) is 2.90. The second kappa shape index (κ2) is 5.96. The molecule has 0 saturated carbocycles. The summed E-state index contributed by atoms with van der Waals surface area (Å²) in [5, 5.41) is 2.83. The summed E-state index contributed by atoms with van der Waals surface area (Å²) in [6.45, 7) is 7.51. The summed E-state index contributed by atoms with van der Waals surface area (Å²) in [7, 11) is 0. The third-order valence-corrected chi connectivity index (χ3v) is 1.26. The summed E-state index contributed by atoms with van der Waals surface area (Å²) in [6.07, 6.45) is 4.28. The van der Waals surface area contributed by atoms with Crippen molar-refractivity contribution in [1.29, 1.82) is 0 Å². The average Bonchev–Trinajstić information content (AvgIpc) is 1.86. The van der Waals surface area contributed by atoms with Crippen molar-refractivity contribution < 1.29 is 4.79 Å². The number of allylic oxidation sites excluding steroid dienone is 1. The van der Waals surface area contributed by atoms with Crippen LogP contribution in [-0.4, -0.2) is 11.9 Å². The van der Waals surface area contributed by atoms with E-state index >= 15 is 0 Å². The van der Waals surface area contributed by atoms with Gasteiger partial charge in [0.2, 0.25) is 5.91 Å². The summed E-state index contributed by atoms with van der Waals surface area (Å²) in [6, 6.07) is 0.256. The van der Waals surface area contributed by atoms with Crippen LogP contribution in [0, 0.1) is 0 Å². The van der Waals surface area contributed by atoms with Crippen LogP contribution in [0.25, 0.3) is 0 Å². The molecule has 1 amide bonds. The number of unbranched alkanes of at least 4 members (excludes halogenated alkanes) is 1. The number of carbonyl (C=O) groups excluding carboxylic acids is 1. The number of rotatable bonds is 5. The van der Waals surface area contributed by atoms with Gasteiger partial charge in [0, 0.05) is 12.5 Å². The van der Waals surface area contributed by atoms with Crippen LogP contribution in [0.1, 0.15) is 33.1 Å². The first kappa shape index (κ1) is 10.2. The van der Waals surface area contributed by atoms with Gasteiger partial charge < -0.3 is 5.32 Å². The van der Waals surface area contributed by atoms with Gasteiger partial charge in [-0.3, -0.25) is 4.79 Å². The Balaban J connectivity index is 3.30. The number of hydrogen-bond donors (Lipinski definition) is 1. The molecule has 0 radical (unpaired) electrons. The third kappa shape index (κ3) is 7.10. The molecule has 0 aromatic heterocycles. The van der Waals surface area contributed by atoms with Crippen LogP contribution in [-0.2, 0) is 4.79 Å². The molecule has 1 N–H and O–H groups in total. The predicted molar refractivity (Wildman–Crippen MR) is 47.3 cm³/mol. The molecule has 0 aliphatic carbocycles. The first-order valence-corrected chi connectivity index (χ1v) is 4.07. The van der Waals surface area contributed by atoms with Crippen molar-refractivity contribution in [1.82, 2.24) is 5.32 Å². The highest BCUT2D eigenvalue weighted by Crippen LogP contribution is 1.95. The van der Waals surface area contributed by atoms with Gasteiger partial charge in [0.25, 0.3) is 0 Å². The number of nitrogens with one attached hydrogen (secondary N) is 1. The molecule has 0 aromatic rings. The second-order valence-corrected chi connectivity index (χ2v) is 2.90. The average molecular weight is 155 g/mol. The highest BCUT2D eigenvalue weighted by molar-refractivity contribution is 5.76. The Bertz CT molecular complexity index is 130. The van der Waals surface area contributed by atoms with E-state index in [4.69, 9.17) is 0 Å². The molecular weight excluding hydrogens is 138 g/mol. The number of carbonyl (C=O) groups is 1. The van der Waals surface area contributed by atoms with Crippen molar-refractivity contribution in [3.8, 4) is 0 Å². The third-order valence-electron chi connectivity index (χ3n) is 1.26. The van der Waals surface area contributed by atoms with Crippen molar-refractivity contribution in [2.45, 2.75) is 39.2 Å². The first-order valence-electron chi connectivity index (χ1n) is 4.07. The van der Waals surface area contributed by atoms with E-state index in [0.29, 0.717) is 6.42 Å². The van der Waals surface area contributed by atoms with E-state index in [1.165, 1.54) is 0 Å². The largest absolute Gasteiger partial charge is 0.354 e. The van der Waals surface area contributed by atoms with E-state index in [1.807, 2.05) is 19.9 Å². The van der Waals surface area contributed by atoms with Gasteiger partial charge in [-0.1, -0.05) is 6.08 Å². The van der Waals surface area contributed by atoms with Crippen LogP contribution in [0.2, 0.25) is 0 Å². The van der Waals surface area contributed by atoms with Gasteiger partial charge in [-0.15, -0.1) is 6.58 Å². The minimum absolute atomic E-state index is 0.141. The Morgan fingerprint density at radius 2 is 2.27 bits per heavy atom. The molecule has 0 aliphatic heterocycles. The smallest absolute Gasteiger partial charge is 0.220 e. The number of amides is 1.